The van der Waals surface area contributed by atoms with Gasteiger partial charge in [-0.1, -0.05) is 17.3 Å². The minimum Gasteiger partial charge on any atom is -0.491 e. The van der Waals surface area contributed by atoms with Gasteiger partial charge in [0.05, 0.1) is 17.9 Å². The summed E-state index contributed by atoms with van der Waals surface area (Å²) in [5.41, 5.74) is 1.43. The minimum absolute atomic E-state index is 0.191. The van der Waals surface area contributed by atoms with Gasteiger partial charge >= 0.3 is 0 Å². The fourth-order valence-corrected chi connectivity index (χ4v) is 2.07. The van der Waals surface area contributed by atoms with Gasteiger partial charge in [-0.25, -0.2) is 0 Å². The molecule has 0 bridgehead atoms. The predicted octanol–water partition coefficient (Wildman–Crippen LogP) is 2.83. The predicted molar refractivity (Wildman–Crippen MR) is 69.5 cm³/mol. The molecule has 0 aromatic heterocycles. The van der Waals surface area contributed by atoms with E-state index >= 15 is 0 Å². The molecule has 1 saturated heterocycles. The lowest BCUT2D eigenvalue weighted by atomic mass is 10.1. The Labute approximate surface area is 107 Å². The molecule has 4 heteroatoms. The fraction of sp³-hybridized carbons (Fsp3) is 0.500. The summed E-state index contributed by atoms with van der Waals surface area (Å²) in [6, 6.07) is 7.54. The molecule has 0 radical (unpaired) electrons. The molecule has 0 saturated carbocycles. The van der Waals surface area contributed by atoms with Crippen LogP contribution < -0.4 is 4.74 Å². The van der Waals surface area contributed by atoms with Crippen LogP contribution in [0.2, 0.25) is 0 Å². The monoisotopic (exact) mass is 249 g/mol. The van der Waals surface area contributed by atoms with Crippen LogP contribution in [0, 0.1) is 0 Å². The zero-order valence-corrected chi connectivity index (χ0v) is 10.8. The van der Waals surface area contributed by atoms with Crippen LogP contribution in [0.25, 0.3) is 0 Å². The quantitative estimate of drug-likeness (QED) is 0.507. The maximum Gasteiger partial charge on any atom is 0.120 e. The summed E-state index contributed by atoms with van der Waals surface area (Å²) < 4.78 is 11.4. The van der Waals surface area contributed by atoms with Crippen molar-refractivity contribution in [1.82, 2.24) is 0 Å². The summed E-state index contributed by atoms with van der Waals surface area (Å²) in [5.74, 6) is 0.777. The first-order valence-electron chi connectivity index (χ1n) is 6.26. The summed E-state index contributed by atoms with van der Waals surface area (Å²) in [4.78, 5) is 0. The number of rotatable bonds is 4. The Morgan fingerprint density at radius 3 is 3.00 bits per heavy atom. The summed E-state index contributed by atoms with van der Waals surface area (Å²) >= 11 is 0. The zero-order valence-electron chi connectivity index (χ0n) is 10.8. The standard InChI is InChI=1S/C14H19NO3/c1-10-6-7-14(18-10)9-17-13-5-3-4-12(8-13)11(2)15-16/h3-5,8,10,14,16H,6-7,9H2,1-2H3/b15-11+. The van der Waals surface area contributed by atoms with Gasteiger partial charge in [0.1, 0.15) is 12.4 Å². The van der Waals surface area contributed by atoms with Crippen LogP contribution in [0.15, 0.2) is 29.4 Å². The topological polar surface area (TPSA) is 51.1 Å². The molecule has 1 aromatic carbocycles. The van der Waals surface area contributed by atoms with Crippen LogP contribution in [0.3, 0.4) is 0 Å². The van der Waals surface area contributed by atoms with Gasteiger partial charge in [0.25, 0.3) is 0 Å². The van der Waals surface area contributed by atoms with Crippen molar-refractivity contribution in [3.05, 3.63) is 29.8 Å². The van der Waals surface area contributed by atoms with Crippen molar-refractivity contribution in [1.29, 1.82) is 0 Å². The molecule has 1 N–H and O–H groups in total. The maximum atomic E-state index is 8.74. The molecular weight excluding hydrogens is 230 g/mol. The fourth-order valence-electron chi connectivity index (χ4n) is 2.07. The number of nitrogens with zero attached hydrogens (tertiary/aromatic N) is 1. The lowest BCUT2D eigenvalue weighted by Gasteiger charge is -2.13. The molecule has 1 aliphatic rings. The largest absolute Gasteiger partial charge is 0.491 e. The Morgan fingerprint density at radius 2 is 2.33 bits per heavy atom. The highest BCUT2D eigenvalue weighted by atomic mass is 16.5. The molecule has 0 aliphatic carbocycles. The van der Waals surface area contributed by atoms with Crippen LogP contribution in [0.1, 0.15) is 32.3 Å². The van der Waals surface area contributed by atoms with E-state index in [9.17, 15) is 0 Å². The van der Waals surface area contributed by atoms with Gasteiger partial charge in [0.15, 0.2) is 0 Å². The van der Waals surface area contributed by atoms with Crippen molar-refractivity contribution >= 4 is 5.71 Å². The van der Waals surface area contributed by atoms with E-state index in [1.807, 2.05) is 24.3 Å². The second-order valence-corrected chi connectivity index (χ2v) is 4.67. The van der Waals surface area contributed by atoms with Crippen molar-refractivity contribution in [3.8, 4) is 5.75 Å². The third-order valence-electron chi connectivity index (χ3n) is 3.16. The molecule has 2 unspecified atom stereocenters. The van der Waals surface area contributed by atoms with E-state index in [0.29, 0.717) is 18.4 Å². The van der Waals surface area contributed by atoms with E-state index in [2.05, 4.69) is 12.1 Å². The van der Waals surface area contributed by atoms with Crippen LogP contribution in [0.4, 0.5) is 0 Å². The number of oxime groups is 1. The number of ether oxygens (including phenoxy) is 2. The lowest BCUT2D eigenvalue weighted by molar-refractivity contribution is 0.0264. The van der Waals surface area contributed by atoms with Gasteiger partial charge in [-0.2, -0.15) is 0 Å². The molecule has 1 heterocycles. The third-order valence-corrected chi connectivity index (χ3v) is 3.16. The average molecular weight is 249 g/mol. The Bertz CT molecular complexity index is 431. The Balaban J connectivity index is 1.93. The molecule has 1 fully saturated rings. The molecule has 18 heavy (non-hydrogen) atoms. The van der Waals surface area contributed by atoms with E-state index < -0.39 is 0 Å². The number of hydrogen-bond acceptors (Lipinski definition) is 4. The Morgan fingerprint density at radius 1 is 1.50 bits per heavy atom. The first-order chi connectivity index (χ1) is 8.69. The zero-order chi connectivity index (χ0) is 13.0. The minimum atomic E-state index is 0.191. The second kappa shape index (κ2) is 5.87. The molecular formula is C14H19NO3. The summed E-state index contributed by atoms with van der Waals surface area (Å²) in [5, 5.41) is 11.9. The lowest BCUT2D eigenvalue weighted by Crippen LogP contribution is -2.17. The SMILES string of the molecule is C/C(=N\O)c1cccc(OCC2CCC(C)O2)c1. The average Bonchev–Trinajstić information content (AvgIpc) is 2.81. The third kappa shape index (κ3) is 3.23. The van der Waals surface area contributed by atoms with Gasteiger partial charge in [-0.05, 0) is 38.8 Å². The van der Waals surface area contributed by atoms with E-state index in [4.69, 9.17) is 14.7 Å². The van der Waals surface area contributed by atoms with Crippen molar-refractivity contribution in [2.45, 2.75) is 38.9 Å². The smallest absolute Gasteiger partial charge is 0.120 e. The molecule has 4 nitrogen and oxygen atoms in total. The van der Waals surface area contributed by atoms with Gasteiger partial charge in [0, 0.05) is 5.56 Å². The second-order valence-electron chi connectivity index (χ2n) is 4.67. The molecule has 1 aliphatic heterocycles. The number of benzene rings is 1. The van der Waals surface area contributed by atoms with Crippen LogP contribution in [-0.2, 0) is 4.74 Å². The highest BCUT2D eigenvalue weighted by molar-refractivity contribution is 5.98. The molecule has 98 valence electrons. The van der Waals surface area contributed by atoms with E-state index in [0.717, 1.165) is 24.2 Å². The maximum absolute atomic E-state index is 8.74. The van der Waals surface area contributed by atoms with E-state index in [1.54, 1.807) is 6.92 Å². The Hall–Kier alpha value is -1.55. The summed E-state index contributed by atoms with van der Waals surface area (Å²) in [6.45, 7) is 4.41. The van der Waals surface area contributed by atoms with Crippen LogP contribution >= 0.6 is 0 Å². The first-order valence-corrected chi connectivity index (χ1v) is 6.26. The summed E-state index contributed by atoms with van der Waals surface area (Å²) in [7, 11) is 0. The van der Waals surface area contributed by atoms with E-state index in [1.165, 1.54) is 0 Å². The molecule has 0 spiro atoms. The van der Waals surface area contributed by atoms with Crippen molar-refractivity contribution in [3.63, 3.8) is 0 Å². The normalized spacial score (nSPS) is 24.2. The Kier molecular flexibility index (Phi) is 4.20. The van der Waals surface area contributed by atoms with Gasteiger partial charge in [-0.15, -0.1) is 0 Å². The summed E-state index contributed by atoms with van der Waals surface area (Å²) in [6.07, 6.45) is 2.69. The van der Waals surface area contributed by atoms with Gasteiger partial charge in [-0.3, -0.25) is 0 Å². The molecule has 2 rings (SSSR count). The molecule has 0 amide bonds. The first kappa shape index (κ1) is 12.9. The highest BCUT2D eigenvalue weighted by Crippen LogP contribution is 2.21. The molecule has 1 aromatic rings. The van der Waals surface area contributed by atoms with Crippen molar-refractivity contribution < 1.29 is 14.7 Å². The van der Waals surface area contributed by atoms with Crippen LogP contribution in [0.5, 0.6) is 5.75 Å². The highest BCUT2D eigenvalue weighted by Gasteiger charge is 2.22. The molecule has 2 atom stereocenters. The van der Waals surface area contributed by atoms with Gasteiger partial charge in [0.2, 0.25) is 0 Å². The van der Waals surface area contributed by atoms with Gasteiger partial charge < -0.3 is 14.7 Å². The number of hydrogen-bond donors (Lipinski definition) is 1. The van der Waals surface area contributed by atoms with Crippen LogP contribution in [-0.4, -0.2) is 29.7 Å². The van der Waals surface area contributed by atoms with E-state index in [-0.39, 0.29) is 6.10 Å². The van der Waals surface area contributed by atoms with Crippen molar-refractivity contribution in [2.75, 3.05) is 6.61 Å². The van der Waals surface area contributed by atoms with Crippen molar-refractivity contribution in [2.24, 2.45) is 5.16 Å².